The van der Waals surface area contributed by atoms with Gasteiger partial charge >= 0.3 is 0 Å². The Morgan fingerprint density at radius 1 is 1.14 bits per heavy atom. The first-order chi connectivity index (χ1) is 10.0. The molecule has 0 spiro atoms. The second-order valence-electron chi connectivity index (χ2n) is 5.51. The van der Waals surface area contributed by atoms with Gasteiger partial charge in [-0.15, -0.1) is 0 Å². The highest BCUT2D eigenvalue weighted by molar-refractivity contribution is 6.05. The molecule has 0 saturated carbocycles. The molecule has 0 unspecified atom stereocenters. The predicted octanol–water partition coefficient (Wildman–Crippen LogP) is 3.55. The molecule has 2 N–H and O–H groups in total. The summed E-state index contributed by atoms with van der Waals surface area (Å²) >= 11 is 0. The van der Waals surface area contributed by atoms with Crippen LogP contribution in [0, 0.1) is 0 Å². The number of nitrogens with zero attached hydrogens (tertiary/aromatic N) is 1. The van der Waals surface area contributed by atoms with E-state index in [1.54, 1.807) is 11.9 Å². The average molecular weight is 282 g/mol. The van der Waals surface area contributed by atoms with Crippen LogP contribution in [0.1, 0.15) is 41.3 Å². The first-order valence-corrected chi connectivity index (χ1v) is 7.20. The molecule has 110 valence electrons. The molecule has 0 bridgehead atoms. The molecule has 2 aromatic rings. The van der Waals surface area contributed by atoms with Gasteiger partial charge < -0.3 is 10.6 Å². The molecule has 3 heteroatoms. The lowest BCUT2D eigenvalue weighted by atomic mass is 10.0. The molecule has 3 nitrogen and oxygen atoms in total. The number of rotatable bonds is 4. The fourth-order valence-corrected chi connectivity index (χ4v) is 2.21. The van der Waals surface area contributed by atoms with Crippen LogP contribution >= 0.6 is 0 Å². The van der Waals surface area contributed by atoms with Gasteiger partial charge in [-0.3, -0.25) is 4.79 Å². The summed E-state index contributed by atoms with van der Waals surface area (Å²) in [7, 11) is 1.79. The zero-order valence-electron chi connectivity index (χ0n) is 12.8. The normalized spacial score (nSPS) is 10.7. The van der Waals surface area contributed by atoms with Gasteiger partial charge in [0.25, 0.3) is 5.91 Å². The first kappa shape index (κ1) is 15.3. The Kier molecular flexibility index (Phi) is 4.76. The third kappa shape index (κ3) is 3.50. The molecule has 21 heavy (non-hydrogen) atoms. The monoisotopic (exact) mass is 282 g/mol. The fraction of sp³-hybridized carbons (Fsp3) is 0.278. The Morgan fingerprint density at radius 2 is 1.81 bits per heavy atom. The van der Waals surface area contributed by atoms with Gasteiger partial charge in [-0.05, 0) is 41.3 Å². The highest BCUT2D eigenvalue weighted by atomic mass is 16.2. The molecule has 0 aliphatic carbocycles. The van der Waals surface area contributed by atoms with Crippen molar-refractivity contribution in [2.24, 2.45) is 5.73 Å². The summed E-state index contributed by atoms with van der Waals surface area (Å²) < 4.78 is 0. The van der Waals surface area contributed by atoms with Crippen molar-refractivity contribution in [2.75, 3.05) is 11.9 Å². The zero-order valence-corrected chi connectivity index (χ0v) is 12.8. The summed E-state index contributed by atoms with van der Waals surface area (Å²) in [5, 5.41) is 0. The highest BCUT2D eigenvalue weighted by Gasteiger charge is 2.13. The van der Waals surface area contributed by atoms with Gasteiger partial charge in [0, 0.05) is 24.8 Å². The second-order valence-corrected chi connectivity index (χ2v) is 5.51. The number of anilines is 1. The largest absolute Gasteiger partial charge is 0.326 e. The summed E-state index contributed by atoms with van der Waals surface area (Å²) in [5.41, 5.74) is 9.45. The van der Waals surface area contributed by atoms with Crippen LogP contribution in [0.25, 0.3) is 0 Å². The quantitative estimate of drug-likeness (QED) is 0.932. The number of carbonyl (C=O) groups excluding carboxylic acids is 1. The number of amides is 1. The van der Waals surface area contributed by atoms with Crippen LogP contribution in [0.4, 0.5) is 5.69 Å². The van der Waals surface area contributed by atoms with Crippen LogP contribution in [0.2, 0.25) is 0 Å². The number of hydrogen-bond donors (Lipinski definition) is 1. The topological polar surface area (TPSA) is 46.3 Å². The van der Waals surface area contributed by atoms with E-state index >= 15 is 0 Å². The minimum absolute atomic E-state index is 0.0144. The fourth-order valence-electron chi connectivity index (χ4n) is 2.21. The van der Waals surface area contributed by atoms with Gasteiger partial charge in [-0.25, -0.2) is 0 Å². The van der Waals surface area contributed by atoms with E-state index in [1.807, 2.05) is 48.5 Å². The van der Waals surface area contributed by atoms with Gasteiger partial charge in [0.15, 0.2) is 0 Å². The van der Waals surface area contributed by atoms with E-state index in [2.05, 4.69) is 13.8 Å². The van der Waals surface area contributed by atoms with Crippen molar-refractivity contribution in [3.63, 3.8) is 0 Å². The zero-order chi connectivity index (χ0) is 15.4. The summed E-state index contributed by atoms with van der Waals surface area (Å²) in [4.78, 5) is 14.2. The third-order valence-corrected chi connectivity index (χ3v) is 3.66. The van der Waals surface area contributed by atoms with Crippen molar-refractivity contribution in [1.29, 1.82) is 0 Å². The van der Waals surface area contributed by atoms with Crippen LogP contribution in [0.5, 0.6) is 0 Å². The number of hydrogen-bond acceptors (Lipinski definition) is 2. The van der Waals surface area contributed by atoms with Gasteiger partial charge in [0.2, 0.25) is 0 Å². The Balaban J connectivity index is 2.21. The van der Waals surface area contributed by atoms with Crippen molar-refractivity contribution in [3.05, 3.63) is 65.2 Å². The van der Waals surface area contributed by atoms with Crippen molar-refractivity contribution < 1.29 is 4.79 Å². The Morgan fingerprint density at radius 3 is 2.38 bits per heavy atom. The molecule has 2 aromatic carbocycles. The maximum atomic E-state index is 12.5. The van der Waals surface area contributed by atoms with Crippen molar-refractivity contribution in [3.8, 4) is 0 Å². The van der Waals surface area contributed by atoms with Crippen LogP contribution < -0.4 is 10.6 Å². The number of nitrogens with two attached hydrogens (primary N) is 1. The Bertz CT molecular complexity index is 617. The molecule has 0 aliphatic heterocycles. The molecule has 0 fully saturated rings. The van der Waals surface area contributed by atoms with E-state index in [-0.39, 0.29) is 5.91 Å². The van der Waals surface area contributed by atoms with Crippen LogP contribution in [0.15, 0.2) is 48.5 Å². The summed E-state index contributed by atoms with van der Waals surface area (Å²) in [6.07, 6.45) is 0. The van der Waals surface area contributed by atoms with Gasteiger partial charge in [-0.1, -0.05) is 38.1 Å². The first-order valence-electron chi connectivity index (χ1n) is 7.20. The highest BCUT2D eigenvalue weighted by Crippen LogP contribution is 2.19. The molecule has 0 aromatic heterocycles. The van der Waals surface area contributed by atoms with Gasteiger partial charge in [0.1, 0.15) is 0 Å². The smallest absolute Gasteiger partial charge is 0.258 e. The minimum atomic E-state index is -0.0144. The molecule has 2 rings (SSSR count). The van der Waals surface area contributed by atoms with Crippen molar-refractivity contribution in [2.45, 2.75) is 26.3 Å². The lowest BCUT2D eigenvalue weighted by Crippen LogP contribution is -2.26. The lowest BCUT2D eigenvalue weighted by Gasteiger charge is -2.18. The molecular formula is C18H22N2O. The molecule has 0 heterocycles. The van der Waals surface area contributed by atoms with Crippen LogP contribution in [-0.2, 0) is 6.54 Å². The summed E-state index contributed by atoms with van der Waals surface area (Å²) in [6.45, 7) is 4.75. The van der Waals surface area contributed by atoms with E-state index in [4.69, 9.17) is 5.73 Å². The summed E-state index contributed by atoms with van der Waals surface area (Å²) in [5.74, 6) is 0.451. The van der Waals surface area contributed by atoms with Gasteiger partial charge in [-0.2, -0.15) is 0 Å². The summed E-state index contributed by atoms with van der Waals surface area (Å²) in [6, 6.07) is 15.5. The molecule has 0 radical (unpaired) electrons. The van der Waals surface area contributed by atoms with E-state index < -0.39 is 0 Å². The van der Waals surface area contributed by atoms with E-state index in [9.17, 15) is 4.79 Å². The predicted molar refractivity (Wildman–Crippen MR) is 87.6 cm³/mol. The maximum absolute atomic E-state index is 12.5. The van der Waals surface area contributed by atoms with Gasteiger partial charge in [0.05, 0.1) is 0 Å². The SMILES string of the molecule is CC(C)c1ccc(C(=O)N(C)c2cccc(CN)c2)cc1. The van der Waals surface area contributed by atoms with E-state index in [1.165, 1.54) is 5.56 Å². The molecule has 0 atom stereocenters. The standard InChI is InChI=1S/C18H22N2O/c1-13(2)15-7-9-16(10-8-15)18(21)20(3)17-6-4-5-14(11-17)12-19/h4-11,13H,12,19H2,1-3H3. The minimum Gasteiger partial charge on any atom is -0.326 e. The Labute approximate surface area is 126 Å². The van der Waals surface area contributed by atoms with E-state index in [0.717, 1.165) is 11.3 Å². The Hall–Kier alpha value is -2.13. The second kappa shape index (κ2) is 6.55. The molecule has 0 aliphatic rings. The van der Waals surface area contributed by atoms with Crippen LogP contribution in [0.3, 0.4) is 0 Å². The van der Waals surface area contributed by atoms with E-state index in [0.29, 0.717) is 18.0 Å². The number of benzene rings is 2. The lowest BCUT2D eigenvalue weighted by molar-refractivity contribution is 0.0993. The third-order valence-electron chi connectivity index (χ3n) is 3.66. The molecule has 0 saturated heterocycles. The maximum Gasteiger partial charge on any atom is 0.258 e. The van der Waals surface area contributed by atoms with Crippen molar-refractivity contribution in [1.82, 2.24) is 0 Å². The molecule has 1 amide bonds. The average Bonchev–Trinajstić information content (AvgIpc) is 2.53. The van der Waals surface area contributed by atoms with Crippen molar-refractivity contribution >= 4 is 11.6 Å². The van der Waals surface area contributed by atoms with Crippen LogP contribution in [-0.4, -0.2) is 13.0 Å². The molecular weight excluding hydrogens is 260 g/mol. The number of carbonyl (C=O) groups is 1.